The van der Waals surface area contributed by atoms with Gasteiger partial charge in [-0.15, -0.1) is 11.3 Å². The van der Waals surface area contributed by atoms with E-state index in [1.165, 1.54) is 47.4 Å². The highest BCUT2D eigenvalue weighted by Gasteiger charge is 2.22. The molecule has 4 heteroatoms. The standard InChI is InChI=1S/C52H32N2OS/c1-2-16-37-33(13-1)27-29-43-51-42(21-12-25-48(51)55-52(37)43)40-19-5-7-22-45(40)53(36-28-30-50-44(32-36)41-20-6-10-26-49(41)56-50)34-14-11-15-35(31-34)54-46-23-8-3-17-38(46)39-18-4-9-24-47(39)54/h1-32H. The molecule has 0 aliphatic carbocycles. The van der Waals surface area contributed by atoms with Crippen LogP contribution in [0.5, 0.6) is 0 Å². The SMILES string of the molecule is c1cc(N(c2ccc3sc4ccccc4c3c2)c2ccccc2-c2cccc3oc4c5ccccc5ccc4c23)cc(-n2c3ccccc3c3ccccc32)c1. The predicted molar refractivity (Wildman–Crippen MR) is 239 cm³/mol. The summed E-state index contributed by atoms with van der Waals surface area (Å²) in [7, 11) is 0. The molecule has 12 aromatic rings. The van der Waals surface area contributed by atoms with Crippen LogP contribution in [-0.2, 0) is 0 Å². The third-order valence-corrected chi connectivity index (χ3v) is 12.5. The van der Waals surface area contributed by atoms with Crippen LogP contribution in [0.2, 0.25) is 0 Å². The number of anilines is 3. The molecule has 0 spiro atoms. The summed E-state index contributed by atoms with van der Waals surface area (Å²) in [6.07, 6.45) is 0. The highest BCUT2D eigenvalue weighted by molar-refractivity contribution is 7.25. The van der Waals surface area contributed by atoms with Crippen molar-refractivity contribution >= 4 is 103 Å². The van der Waals surface area contributed by atoms with E-state index in [0.717, 1.165) is 61.2 Å². The van der Waals surface area contributed by atoms with Crippen LogP contribution in [-0.4, -0.2) is 4.57 Å². The molecule has 0 aliphatic rings. The normalized spacial score (nSPS) is 11.9. The summed E-state index contributed by atoms with van der Waals surface area (Å²) >= 11 is 1.85. The third-order valence-electron chi connectivity index (χ3n) is 11.4. The molecular formula is C52H32N2OS. The van der Waals surface area contributed by atoms with Crippen molar-refractivity contribution in [2.75, 3.05) is 4.90 Å². The number of para-hydroxylation sites is 3. The molecule has 0 amide bonds. The molecule has 3 aromatic heterocycles. The molecule has 0 fully saturated rings. The number of fused-ring (bicyclic) bond motifs is 11. The van der Waals surface area contributed by atoms with Crippen LogP contribution in [0.1, 0.15) is 0 Å². The van der Waals surface area contributed by atoms with Crippen molar-refractivity contribution in [3.05, 3.63) is 194 Å². The summed E-state index contributed by atoms with van der Waals surface area (Å²) in [5.74, 6) is 0. The van der Waals surface area contributed by atoms with E-state index in [4.69, 9.17) is 4.42 Å². The highest BCUT2D eigenvalue weighted by atomic mass is 32.1. The van der Waals surface area contributed by atoms with Gasteiger partial charge in [-0.2, -0.15) is 0 Å². The molecule has 9 aromatic carbocycles. The lowest BCUT2D eigenvalue weighted by atomic mass is 9.96. The predicted octanol–water partition coefficient (Wildman–Crippen LogP) is 15.3. The van der Waals surface area contributed by atoms with Gasteiger partial charge in [-0.25, -0.2) is 0 Å². The van der Waals surface area contributed by atoms with Gasteiger partial charge in [-0.1, -0.05) is 121 Å². The number of nitrogens with zero attached hydrogens (tertiary/aromatic N) is 2. The monoisotopic (exact) mass is 732 g/mol. The van der Waals surface area contributed by atoms with E-state index >= 15 is 0 Å². The Hall–Kier alpha value is -7.14. The lowest BCUT2D eigenvalue weighted by Gasteiger charge is -2.28. The van der Waals surface area contributed by atoms with Gasteiger partial charge in [0.05, 0.1) is 16.7 Å². The molecule has 0 aliphatic heterocycles. The average Bonchev–Trinajstić information content (AvgIpc) is 3.94. The van der Waals surface area contributed by atoms with Crippen LogP contribution >= 0.6 is 11.3 Å². The fourth-order valence-corrected chi connectivity index (χ4v) is 10.0. The Balaban J connectivity index is 1.13. The quantitative estimate of drug-likeness (QED) is 0.176. The van der Waals surface area contributed by atoms with E-state index in [1.54, 1.807) is 0 Å². The van der Waals surface area contributed by atoms with E-state index in [0.29, 0.717) is 0 Å². The Bertz CT molecular complexity index is 3460. The number of hydrogen-bond donors (Lipinski definition) is 0. The van der Waals surface area contributed by atoms with Crippen molar-refractivity contribution in [1.82, 2.24) is 4.57 Å². The van der Waals surface area contributed by atoms with Gasteiger partial charge in [0, 0.05) is 69.7 Å². The van der Waals surface area contributed by atoms with Gasteiger partial charge < -0.3 is 13.9 Å². The first-order valence-corrected chi connectivity index (χ1v) is 19.8. The second-order valence-corrected chi connectivity index (χ2v) is 15.5. The van der Waals surface area contributed by atoms with E-state index in [2.05, 4.69) is 204 Å². The smallest absolute Gasteiger partial charge is 0.143 e. The first kappa shape index (κ1) is 31.2. The zero-order valence-electron chi connectivity index (χ0n) is 30.2. The molecule has 56 heavy (non-hydrogen) atoms. The van der Waals surface area contributed by atoms with Crippen molar-refractivity contribution in [2.45, 2.75) is 0 Å². The van der Waals surface area contributed by atoms with Gasteiger partial charge >= 0.3 is 0 Å². The van der Waals surface area contributed by atoms with E-state index in [1.807, 2.05) is 11.3 Å². The lowest BCUT2D eigenvalue weighted by molar-refractivity contribution is 0.673. The summed E-state index contributed by atoms with van der Waals surface area (Å²) in [5.41, 5.74) is 10.8. The maximum absolute atomic E-state index is 6.69. The van der Waals surface area contributed by atoms with Gasteiger partial charge in [-0.05, 0) is 83.7 Å². The number of hydrogen-bond acceptors (Lipinski definition) is 3. The molecule has 3 nitrogen and oxygen atoms in total. The van der Waals surface area contributed by atoms with Crippen molar-refractivity contribution in [3.8, 4) is 16.8 Å². The Kier molecular flexibility index (Phi) is 6.80. The van der Waals surface area contributed by atoms with Gasteiger partial charge in [-0.3, -0.25) is 0 Å². The number of furan rings is 1. The van der Waals surface area contributed by atoms with Crippen molar-refractivity contribution < 1.29 is 4.42 Å². The Morgan fingerprint density at radius 1 is 0.429 bits per heavy atom. The van der Waals surface area contributed by atoms with Crippen LogP contribution in [0.3, 0.4) is 0 Å². The second kappa shape index (κ2) is 12.2. The van der Waals surface area contributed by atoms with Gasteiger partial charge in [0.15, 0.2) is 0 Å². The van der Waals surface area contributed by atoms with E-state index < -0.39 is 0 Å². The summed E-state index contributed by atoms with van der Waals surface area (Å²) in [6.45, 7) is 0. The molecule has 0 unspecified atom stereocenters. The maximum Gasteiger partial charge on any atom is 0.143 e. The summed E-state index contributed by atoms with van der Waals surface area (Å²) < 4.78 is 11.7. The van der Waals surface area contributed by atoms with Gasteiger partial charge in [0.25, 0.3) is 0 Å². The molecule has 0 saturated carbocycles. The number of benzene rings is 9. The van der Waals surface area contributed by atoms with Crippen LogP contribution < -0.4 is 4.90 Å². The van der Waals surface area contributed by atoms with E-state index in [9.17, 15) is 0 Å². The first-order valence-electron chi connectivity index (χ1n) is 19.0. The van der Waals surface area contributed by atoms with Gasteiger partial charge in [0.1, 0.15) is 11.2 Å². The molecule has 0 radical (unpaired) electrons. The van der Waals surface area contributed by atoms with Crippen LogP contribution in [0.15, 0.2) is 199 Å². The molecule has 0 bridgehead atoms. The second-order valence-electron chi connectivity index (χ2n) is 14.5. The number of aromatic nitrogens is 1. The van der Waals surface area contributed by atoms with Crippen LogP contribution in [0.4, 0.5) is 17.1 Å². The molecule has 262 valence electrons. The van der Waals surface area contributed by atoms with Crippen molar-refractivity contribution in [1.29, 1.82) is 0 Å². The summed E-state index contributed by atoms with van der Waals surface area (Å²) in [6, 6.07) is 70.3. The highest BCUT2D eigenvalue weighted by Crippen LogP contribution is 2.47. The third kappa shape index (κ3) is 4.63. The van der Waals surface area contributed by atoms with Crippen molar-refractivity contribution in [2.24, 2.45) is 0 Å². The Morgan fingerprint density at radius 3 is 1.95 bits per heavy atom. The maximum atomic E-state index is 6.69. The van der Waals surface area contributed by atoms with Crippen LogP contribution in [0, 0.1) is 0 Å². The molecule has 0 N–H and O–H groups in total. The summed E-state index contributed by atoms with van der Waals surface area (Å²) in [4.78, 5) is 2.44. The first-order chi connectivity index (χ1) is 27.8. The molecule has 0 saturated heterocycles. The van der Waals surface area contributed by atoms with E-state index in [-0.39, 0.29) is 0 Å². The summed E-state index contributed by atoms with van der Waals surface area (Å²) in [5, 5.41) is 9.58. The topological polar surface area (TPSA) is 21.3 Å². The molecular weight excluding hydrogens is 701 g/mol. The Morgan fingerprint density at radius 2 is 1.09 bits per heavy atom. The molecule has 0 atom stereocenters. The lowest BCUT2D eigenvalue weighted by Crippen LogP contribution is -2.11. The minimum Gasteiger partial charge on any atom is -0.455 e. The fraction of sp³-hybridized carbons (Fsp3) is 0. The number of rotatable bonds is 5. The fourth-order valence-electron chi connectivity index (χ4n) is 8.93. The Labute approximate surface area is 326 Å². The largest absolute Gasteiger partial charge is 0.455 e. The molecule has 3 heterocycles. The minimum atomic E-state index is 0.884. The average molecular weight is 733 g/mol. The van der Waals surface area contributed by atoms with Crippen LogP contribution in [0.25, 0.3) is 91.5 Å². The minimum absolute atomic E-state index is 0.884. The zero-order chi connectivity index (χ0) is 36.7. The number of thiophene rings is 1. The zero-order valence-corrected chi connectivity index (χ0v) is 31.0. The van der Waals surface area contributed by atoms with Gasteiger partial charge in [0.2, 0.25) is 0 Å². The van der Waals surface area contributed by atoms with Crippen molar-refractivity contribution in [3.63, 3.8) is 0 Å². The molecule has 12 rings (SSSR count).